The molecule has 5 heteroatoms. The van der Waals surface area contributed by atoms with E-state index in [0.29, 0.717) is 11.3 Å². The third kappa shape index (κ3) is 2.03. The van der Waals surface area contributed by atoms with E-state index < -0.39 is 12.4 Å². The normalized spacial score (nSPS) is 11.6. The Labute approximate surface area is 80.9 Å². The van der Waals surface area contributed by atoms with E-state index in [1.807, 2.05) is 0 Å². The minimum Gasteiger partial charge on any atom is -0.496 e. The summed E-state index contributed by atoms with van der Waals surface area (Å²) in [6.07, 6.45) is 0. The van der Waals surface area contributed by atoms with Crippen LogP contribution in [0.3, 0.4) is 0 Å². The Balaban J connectivity index is 3.29. The topological polar surface area (TPSA) is 9.23 Å². The van der Waals surface area contributed by atoms with Crippen LogP contribution in [-0.2, 0) is 0 Å². The van der Waals surface area contributed by atoms with Crippen LogP contribution in [0.4, 0.5) is 12.9 Å². The summed E-state index contributed by atoms with van der Waals surface area (Å²) in [5.74, 6) is 0.492. The molecule has 0 bridgehead atoms. The fourth-order valence-corrected chi connectivity index (χ4v) is 1.38. The number of rotatable bonds is 2. The first-order valence-corrected chi connectivity index (χ1v) is 4.21. The molecule has 0 N–H and O–H groups in total. The van der Waals surface area contributed by atoms with Gasteiger partial charge in [-0.3, -0.25) is 0 Å². The van der Waals surface area contributed by atoms with E-state index in [1.54, 1.807) is 6.92 Å². The molecule has 78 valence electrons. The number of benzene rings is 1. The van der Waals surface area contributed by atoms with Crippen LogP contribution < -0.4 is 10.2 Å². The maximum Gasteiger partial charge on any atom is 0.509 e. The molecule has 1 rings (SSSR count). The van der Waals surface area contributed by atoms with Gasteiger partial charge in [0.15, 0.2) is 0 Å². The van der Waals surface area contributed by atoms with Crippen LogP contribution in [0.2, 0.25) is 0 Å². The molecule has 0 aliphatic heterocycles. The summed E-state index contributed by atoms with van der Waals surface area (Å²) in [5, 5.41) is 0. The van der Waals surface area contributed by atoms with E-state index >= 15 is 0 Å². The zero-order valence-electron chi connectivity index (χ0n) is 8.27. The van der Waals surface area contributed by atoms with E-state index in [1.165, 1.54) is 20.1 Å². The molecule has 0 saturated heterocycles. The van der Waals surface area contributed by atoms with Crippen LogP contribution in [0.15, 0.2) is 12.1 Å². The van der Waals surface area contributed by atoms with Crippen molar-refractivity contribution in [3.8, 4) is 5.75 Å². The molecule has 14 heavy (non-hydrogen) atoms. The second-order valence-corrected chi connectivity index (χ2v) is 3.25. The second-order valence-electron chi connectivity index (χ2n) is 3.25. The molecular formula is C9H11BF3O-. The zero-order valence-corrected chi connectivity index (χ0v) is 8.27. The third-order valence-electron chi connectivity index (χ3n) is 2.14. The average Bonchev–Trinajstić information content (AvgIpc) is 2.06. The van der Waals surface area contributed by atoms with Gasteiger partial charge < -0.3 is 17.7 Å². The van der Waals surface area contributed by atoms with Gasteiger partial charge in [0.05, 0.1) is 7.11 Å². The zero-order chi connectivity index (χ0) is 10.9. The van der Waals surface area contributed by atoms with Gasteiger partial charge >= 0.3 is 6.98 Å². The van der Waals surface area contributed by atoms with Gasteiger partial charge in [-0.05, 0) is 25.5 Å². The first kappa shape index (κ1) is 11.0. The van der Waals surface area contributed by atoms with Crippen LogP contribution in [0.1, 0.15) is 11.1 Å². The smallest absolute Gasteiger partial charge is 0.496 e. The molecule has 1 aromatic carbocycles. The summed E-state index contributed by atoms with van der Waals surface area (Å²) >= 11 is 0. The lowest BCUT2D eigenvalue weighted by molar-refractivity contribution is 0.411. The van der Waals surface area contributed by atoms with Crippen molar-refractivity contribution in [2.75, 3.05) is 7.11 Å². The summed E-state index contributed by atoms with van der Waals surface area (Å²) in [7, 11) is 1.44. The first-order valence-electron chi connectivity index (χ1n) is 4.21. The Morgan fingerprint density at radius 1 is 1.07 bits per heavy atom. The second kappa shape index (κ2) is 3.56. The maximum absolute atomic E-state index is 12.5. The molecule has 0 saturated carbocycles. The summed E-state index contributed by atoms with van der Waals surface area (Å²) in [6, 6.07) is 2.55. The molecule has 0 amide bonds. The van der Waals surface area contributed by atoms with Gasteiger partial charge in [0, 0.05) is 0 Å². The van der Waals surface area contributed by atoms with Crippen molar-refractivity contribution in [2.24, 2.45) is 0 Å². The average molecular weight is 203 g/mol. The number of halogens is 3. The predicted octanol–water partition coefficient (Wildman–Crippen LogP) is 2.37. The highest BCUT2D eigenvalue weighted by atomic mass is 19.4. The lowest BCUT2D eigenvalue weighted by atomic mass is 9.76. The predicted molar refractivity (Wildman–Crippen MR) is 51.2 cm³/mol. The van der Waals surface area contributed by atoms with Gasteiger partial charge in [-0.2, -0.15) is 0 Å². The Kier molecular flexibility index (Phi) is 2.78. The SMILES string of the molecule is COc1cc(C)c([B-](F)(F)F)cc1C. The van der Waals surface area contributed by atoms with Crippen LogP contribution >= 0.6 is 0 Å². The Morgan fingerprint density at radius 3 is 2.07 bits per heavy atom. The Morgan fingerprint density at radius 2 is 1.64 bits per heavy atom. The summed E-state index contributed by atoms with van der Waals surface area (Å²) in [5.41, 5.74) is 0.176. The van der Waals surface area contributed by atoms with Gasteiger partial charge in [0.25, 0.3) is 0 Å². The summed E-state index contributed by atoms with van der Waals surface area (Å²) in [6.45, 7) is -1.89. The van der Waals surface area contributed by atoms with Crippen molar-refractivity contribution in [1.82, 2.24) is 0 Å². The maximum atomic E-state index is 12.5. The molecule has 0 fully saturated rings. The van der Waals surface area contributed by atoms with E-state index in [-0.39, 0.29) is 5.56 Å². The minimum absolute atomic E-state index is 0.208. The molecule has 0 unspecified atom stereocenters. The van der Waals surface area contributed by atoms with Crippen LogP contribution in [0.5, 0.6) is 5.75 Å². The number of hydrogen-bond acceptors (Lipinski definition) is 1. The highest BCUT2D eigenvalue weighted by Gasteiger charge is 2.27. The molecular weight excluding hydrogens is 192 g/mol. The Bertz CT molecular complexity index is 347. The van der Waals surface area contributed by atoms with Crippen molar-refractivity contribution < 1.29 is 17.7 Å². The molecule has 0 aliphatic carbocycles. The molecule has 1 aromatic rings. The Hall–Kier alpha value is -1.13. The van der Waals surface area contributed by atoms with Crippen LogP contribution in [0, 0.1) is 13.8 Å². The molecule has 0 aliphatic rings. The first-order chi connectivity index (χ1) is 6.36. The quantitative estimate of drug-likeness (QED) is 0.670. The standard InChI is InChI=1S/C9H11BF3O/c1-6-5-9(14-3)7(2)4-8(6)10(11,12)13/h4-5H,1-3H3/q-1. The van der Waals surface area contributed by atoms with Gasteiger partial charge in [-0.25, -0.2) is 0 Å². The van der Waals surface area contributed by atoms with E-state index in [2.05, 4.69) is 0 Å². The van der Waals surface area contributed by atoms with Crippen LogP contribution in [0.25, 0.3) is 0 Å². The minimum atomic E-state index is -4.93. The fraction of sp³-hybridized carbons (Fsp3) is 0.333. The summed E-state index contributed by atoms with van der Waals surface area (Å²) in [4.78, 5) is 0. The van der Waals surface area contributed by atoms with Gasteiger partial charge in [-0.1, -0.05) is 11.6 Å². The monoisotopic (exact) mass is 203 g/mol. The lowest BCUT2D eigenvalue weighted by Gasteiger charge is -2.19. The van der Waals surface area contributed by atoms with Gasteiger partial charge in [-0.15, -0.1) is 5.46 Å². The highest BCUT2D eigenvalue weighted by Crippen LogP contribution is 2.21. The molecule has 0 aromatic heterocycles. The number of methoxy groups -OCH3 is 1. The molecule has 0 radical (unpaired) electrons. The van der Waals surface area contributed by atoms with Crippen molar-refractivity contribution in [3.05, 3.63) is 23.3 Å². The summed E-state index contributed by atoms with van der Waals surface area (Å²) < 4.78 is 42.4. The van der Waals surface area contributed by atoms with Crippen molar-refractivity contribution >= 4 is 12.4 Å². The number of aryl methyl sites for hydroxylation is 2. The lowest BCUT2D eigenvalue weighted by Crippen LogP contribution is -2.36. The van der Waals surface area contributed by atoms with E-state index in [4.69, 9.17) is 4.74 Å². The van der Waals surface area contributed by atoms with Gasteiger partial charge in [0.2, 0.25) is 0 Å². The largest absolute Gasteiger partial charge is 0.509 e. The number of hydrogen-bond donors (Lipinski definition) is 0. The number of ether oxygens (including phenoxy) is 1. The molecule has 0 atom stereocenters. The van der Waals surface area contributed by atoms with E-state index in [0.717, 1.165) is 6.07 Å². The fourth-order valence-electron chi connectivity index (χ4n) is 1.38. The van der Waals surface area contributed by atoms with Gasteiger partial charge in [0.1, 0.15) is 5.75 Å². The van der Waals surface area contributed by atoms with Crippen molar-refractivity contribution in [2.45, 2.75) is 13.8 Å². The van der Waals surface area contributed by atoms with Crippen molar-refractivity contribution in [3.63, 3.8) is 0 Å². The molecule has 0 heterocycles. The van der Waals surface area contributed by atoms with E-state index in [9.17, 15) is 12.9 Å². The highest BCUT2D eigenvalue weighted by molar-refractivity contribution is 6.74. The van der Waals surface area contributed by atoms with Crippen LogP contribution in [-0.4, -0.2) is 14.1 Å². The molecule has 1 nitrogen and oxygen atoms in total. The third-order valence-corrected chi connectivity index (χ3v) is 2.14. The van der Waals surface area contributed by atoms with Crippen molar-refractivity contribution in [1.29, 1.82) is 0 Å². The molecule has 0 spiro atoms.